The number of hydrogen-bond acceptors (Lipinski definition) is 6. The predicted molar refractivity (Wildman–Crippen MR) is 223 cm³/mol. The molecule has 0 fully saturated rings. The number of rotatable bonds is 9. The molecule has 56 heavy (non-hydrogen) atoms. The van der Waals surface area contributed by atoms with Gasteiger partial charge in [0.05, 0.1) is 5.69 Å². The highest BCUT2D eigenvalue weighted by Gasteiger charge is 2.38. The van der Waals surface area contributed by atoms with Crippen LogP contribution in [0.3, 0.4) is 0 Å². The Morgan fingerprint density at radius 1 is 0.625 bits per heavy atom. The van der Waals surface area contributed by atoms with Gasteiger partial charge in [-0.1, -0.05) is 71.2 Å². The molecule has 0 saturated carbocycles. The van der Waals surface area contributed by atoms with Gasteiger partial charge in [0.2, 0.25) is 0 Å². The summed E-state index contributed by atoms with van der Waals surface area (Å²) < 4.78 is 0. The van der Waals surface area contributed by atoms with E-state index in [1.807, 2.05) is 48.8 Å². The SMILES string of the molecule is CCC(C)c1ccncc1.CCCCC(CC)CN1C(=O)c2ccc3c4ccc5c6c(ccc(c7ccc(c2c37)C1=O)c64)C(=O)N(c1ccc(O)cc1C)C5=O. The van der Waals surface area contributed by atoms with Crippen molar-refractivity contribution < 1.29 is 24.3 Å². The predicted octanol–water partition coefficient (Wildman–Crippen LogP) is 11.0. The molecule has 3 heterocycles. The summed E-state index contributed by atoms with van der Waals surface area (Å²) >= 11 is 0. The van der Waals surface area contributed by atoms with E-state index in [-0.39, 0.29) is 23.5 Å². The first-order chi connectivity index (χ1) is 27.1. The Balaban J connectivity index is 0.000000386. The molecule has 282 valence electrons. The number of phenolic OH excluding ortho intramolecular Hbond substituents is 1. The van der Waals surface area contributed by atoms with Crippen LogP contribution in [0, 0.1) is 12.8 Å². The molecule has 9 rings (SSSR count). The molecule has 2 aliphatic heterocycles. The number of hydrogen-bond donors (Lipinski definition) is 1. The van der Waals surface area contributed by atoms with Crippen molar-refractivity contribution in [1.29, 1.82) is 0 Å². The summed E-state index contributed by atoms with van der Waals surface area (Å²) in [5, 5.41) is 16.3. The fraction of sp³-hybridized carbons (Fsp3) is 0.271. The second-order valence-corrected chi connectivity index (χ2v) is 15.3. The largest absolute Gasteiger partial charge is 0.508 e. The number of amides is 4. The molecule has 8 heteroatoms. The van der Waals surface area contributed by atoms with E-state index in [9.17, 15) is 24.3 Å². The van der Waals surface area contributed by atoms with Crippen molar-refractivity contribution in [2.45, 2.75) is 72.6 Å². The second-order valence-electron chi connectivity index (χ2n) is 15.3. The van der Waals surface area contributed by atoms with Crippen molar-refractivity contribution in [3.8, 4) is 5.75 Å². The van der Waals surface area contributed by atoms with Gasteiger partial charge in [-0.05, 0) is 130 Å². The number of phenols is 1. The van der Waals surface area contributed by atoms with E-state index in [4.69, 9.17) is 0 Å². The van der Waals surface area contributed by atoms with Gasteiger partial charge in [-0.2, -0.15) is 0 Å². The lowest BCUT2D eigenvalue weighted by Gasteiger charge is -2.31. The Hall–Kier alpha value is -6.15. The highest BCUT2D eigenvalue weighted by molar-refractivity contribution is 6.43. The molecular formula is C48H45N3O5. The number of fused-ring (bicyclic) bond motifs is 2. The maximum atomic E-state index is 14.0. The van der Waals surface area contributed by atoms with Crippen molar-refractivity contribution in [2.75, 3.05) is 11.4 Å². The smallest absolute Gasteiger partial charge is 0.265 e. The topological polar surface area (TPSA) is 108 Å². The van der Waals surface area contributed by atoms with Crippen LogP contribution in [0.1, 0.15) is 118 Å². The minimum atomic E-state index is -0.424. The van der Waals surface area contributed by atoms with E-state index in [0.29, 0.717) is 56.7 Å². The lowest BCUT2D eigenvalue weighted by molar-refractivity contribution is 0.0579. The number of imide groups is 2. The molecule has 4 amide bonds. The molecule has 1 aromatic heterocycles. The van der Waals surface area contributed by atoms with Crippen molar-refractivity contribution >= 4 is 72.4 Å². The molecule has 0 radical (unpaired) electrons. The number of benzene rings is 6. The van der Waals surface area contributed by atoms with E-state index >= 15 is 0 Å². The van der Waals surface area contributed by atoms with Gasteiger partial charge in [-0.3, -0.25) is 29.1 Å². The highest BCUT2D eigenvalue weighted by atomic mass is 16.3. The van der Waals surface area contributed by atoms with Gasteiger partial charge in [-0.15, -0.1) is 0 Å². The third kappa shape index (κ3) is 5.78. The van der Waals surface area contributed by atoms with E-state index in [0.717, 1.165) is 58.0 Å². The van der Waals surface area contributed by atoms with E-state index < -0.39 is 11.8 Å². The number of nitrogens with zero attached hydrogens (tertiary/aromatic N) is 3. The number of aromatic hydroxyl groups is 1. The Labute approximate surface area is 326 Å². The van der Waals surface area contributed by atoms with Crippen LogP contribution in [0.5, 0.6) is 5.75 Å². The summed E-state index contributed by atoms with van der Waals surface area (Å²) in [5.41, 5.74) is 4.32. The third-order valence-electron chi connectivity index (χ3n) is 12.0. The minimum Gasteiger partial charge on any atom is -0.508 e. The second kappa shape index (κ2) is 14.5. The van der Waals surface area contributed by atoms with Gasteiger partial charge in [-0.25, -0.2) is 4.90 Å². The monoisotopic (exact) mass is 743 g/mol. The number of carbonyl (C=O) groups is 4. The van der Waals surface area contributed by atoms with Crippen LogP contribution >= 0.6 is 0 Å². The van der Waals surface area contributed by atoms with E-state index in [1.54, 1.807) is 25.1 Å². The Morgan fingerprint density at radius 3 is 1.57 bits per heavy atom. The maximum absolute atomic E-state index is 14.0. The van der Waals surface area contributed by atoms with Crippen molar-refractivity contribution in [2.24, 2.45) is 5.92 Å². The fourth-order valence-corrected chi connectivity index (χ4v) is 8.70. The summed E-state index contributed by atoms with van der Waals surface area (Å²) in [7, 11) is 0. The quantitative estimate of drug-likeness (QED) is 0.0896. The molecular weight excluding hydrogens is 699 g/mol. The zero-order chi connectivity index (χ0) is 39.4. The van der Waals surface area contributed by atoms with Crippen LogP contribution in [0.25, 0.3) is 43.1 Å². The normalized spacial score (nSPS) is 14.9. The lowest BCUT2D eigenvalue weighted by atomic mass is 9.82. The summed E-state index contributed by atoms with van der Waals surface area (Å²) in [6.07, 6.45) is 8.91. The molecule has 7 aromatic rings. The number of anilines is 1. The van der Waals surface area contributed by atoms with Gasteiger partial charge >= 0.3 is 0 Å². The average molecular weight is 744 g/mol. The number of aryl methyl sites for hydroxylation is 1. The first-order valence-electron chi connectivity index (χ1n) is 19.7. The van der Waals surface area contributed by atoms with Crippen LogP contribution in [0.2, 0.25) is 0 Å². The molecule has 6 aromatic carbocycles. The molecule has 2 atom stereocenters. The molecule has 1 N–H and O–H groups in total. The van der Waals surface area contributed by atoms with Gasteiger partial charge in [0, 0.05) is 52.0 Å². The first kappa shape index (κ1) is 36.8. The van der Waals surface area contributed by atoms with E-state index in [1.165, 1.54) is 33.9 Å². The fourth-order valence-electron chi connectivity index (χ4n) is 8.70. The van der Waals surface area contributed by atoms with Crippen molar-refractivity contribution in [3.63, 3.8) is 0 Å². The Morgan fingerprint density at radius 2 is 1.12 bits per heavy atom. The molecule has 0 spiro atoms. The Kier molecular flexibility index (Phi) is 9.53. The molecule has 2 aliphatic rings. The molecule has 0 bridgehead atoms. The van der Waals surface area contributed by atoms with E-state index in [2.05, 4.69) is 44.8 Å². The maximum Gasteiger partial charge on any atom is 0.265 e. The van der Waals surface area contributed by atoms with Gasteiger partial charge < -0.3 is 5.11 Å². The molecule has 0 saturated heterocycles. The van der Waals surface area contributed by atoms with Crippen molar-refractivity contribution in [1.82, 2.24) is 9.88 Å². The summed E-state index contributed by atoms with van der Waals surface area (Å²) in [5.74, 6) is -0.375. The van der Waals surface area contributed by atoms with Crippen LogP contribution in [0.15, 0.2) is 91.3 Å². The molecule has 2 unspecified atom stereocenters. The van der Waals surface area contributed by atoms with Gasteiger partial charge in [0.15, 0.2) is 0 Å². The number of unbranched alkanes of at least 4 members (excludes halogenated alkanes) is 1. The molecule has 0 aliphatic carbocycles. The zero-order valence-electron chi connectivity index (χ0n) is 32.5. The lowest BCUT2D eigenvalue weighted by Crippen LogP contribution is -2.43. The summed E-state index contributed by atoms with van der Waals surface area (Å²) in [4.78, 5) is 62.4. The average Bonchev–Trinajstić information content (AvgIpc) is 3.22. The van der Waals surface area contributed by atoms with Crippen LogP contribution in [-0.2, 0) is 0 Å². The van der Waals surface area contributed by atoms with Crippen LogP contribution < -0.4 is 4.90 Å². The molecule has 8 nitrogen and oxygen atoms in total. The van der Waals surface area contributed by atoms with Gasteiger partial charge in [0.1, 0.15) is 5.75 Å². The summed E-state index contributed by atoms with van der Waals surface area (Å²) in [6, 6.07) is 23.6. The standard InChI is InChI=1S/C39H32N2O5.C9H13N/c1-4-6-7-21(5-2)19-40-36(43)27-13-9-23-25-11-15-29-35-30(39(46)41(38(29)45)31-17-8-22(42)18-20(31)3)16-12-26(33(25)35)24-10-14-28(37(40)44)34(27)32(23)24;1-3-8(2)9-4-6-10-7-5-9/h8-18,21,42H,4-7,19H2,1-3H3;4-8H,3H2,1-2H3. The number of carbonyl (C=O) groups excluding carboxylic acids is 4. The van der Waals surface area contributed by atoms with Crippen molar-refractivity contribution in [3.05, 3.63) is 125 Å². The van der Waals surface area contributed by atoms with Gasteiger partial charge in [0.25, 0.3) is 23.6 Å². The number of aromatic nitrogens is 1. The van der Waals surface area contributed by atoms with Crippen LogP contribution in [-0.4, -0.2) is 45.2 Å². The Bertz CT molecular complexity index is 2600. The number of pyridine rings is 1. The first-order valence-corrected chi connectivity index (χ1v) is 19.7. The summed E-state index contributed by atoms with van der Waals surface area (Å²) in [6.45, 7) is 10.9. The van der Waals surface area contributed by atoms with Crippen LogP contribution in [0.4, 0.5) is 5.69 Å². The third-order valence-corrected chi connectivity index (χ3v) is 12.0. The minimum absolute atomic E-state index is 0.0594. The zero-order valence-corrected chi connectivity index (χ0v) is 32.5. The highest BCUT2D eigenvalue weighted by Crippen LogP contribution is 2.47.